The Labute approximate surface area is 94.6 Å². The van der Waals surface area contributed by atoms with Crippen molar-refractivity contribution in [2.75, 3.05) is 19.8 Å². The fourth-order valence-electron chi connectivity index (χ4n) is 1.59. The average Bonchev–Trinajstić information content (AvgIpc) is 2.30. The molecule has 1 heterocycles. The van der Waals surface area contributed by atoms with E-state index in [1.165, 1.54) is 0 Å². The minimum atomic E-state index is -0.0699. The lowest BCUT2D eigenvalue weighted by Gasteiger charge is -2.23. The van der Waals surface area contributed by atoms with Gasteiger partial charge in [-0.2, -0.15) is 0 Å². The highest BCUT2D eigenvalue weighted by Gasteiger charge is 2.18. The lowest BCUT2D eigenvalue weighted by molar-refractivity contribution is -0.132. The predicted octanol–water partition coefficient (Wildman–Crippen LogP) is 0.718. The maximum Gasteiger partial charge on any atom is 0.246 e. The van der Waals surface area contributed by atoms with Crippen molar-refractivity contribution in [2.45, 2.75) is 12.6 Å². The van der Waals surface area contributed by atoms with Gasteiger partial charge < -0.3 is 14.8 Å². The highest BCUT2D eigenvalue weighted by molar-refractivity contribution is 5.78. The molecule has 0 spiro atoms. The quantitative estimate of drug-likeness (QED) is 0.815. The first-order chi connectivity index (χ1) is 7.84. The lowest BCUT2D eigenvalue weighted by atomic mass is 10.2. The van der Waals surface area contributed by atoms with Crippen LogP contribution in [-0.4, -0.2) is 31.8 Å². The topological polar surface area (TPSA) is 47.6 Å². The Morgan fingerprint density at radius 2 is 2.19 bits per heavy atom. The standard InChI is InChI=1S/C12H15NO3/c14-12-9-16-8-11(13-12)7-15-6-10-4-2-1-3-5-10/h1-5,11H,6-9H2,(H,13,14)/t11-/m1/s1. The number of hydrogen-bond donors (Lipinski definition) is 1. The number of hydrogen-bond acceptors (Lipinski definition) is 3. The fraction of sp³-hybridized carbons (Fsp3) is 0.417. The van der Waals surface area contributed by atoms with E-state index >= 15 is 0 Å². The first-order valence-electron chi connectivity index (χ1n) is 5.33. The number of morpholine rings is 1. The van der Waals surface area contributed by atoms with Crippen molar-refractivity contribution < 1.29 is 14.3 Å². The van der Waals surface area contributed by atoms with Crippen molar-refractivity contribution in [1.82, 2.24) is 5.32 Å². The number of benzene rings is 1. The number of ether oxygens (including phenoxy) is 2. The summed E-state index contributed by atoms with van der Waals surface area (Å²) in [5.74, 6) is -0.0699. The molecule has 4 nitrogen and oxygen atoms in total. The van der Waals surface area contributed by atoms with E-state index in [1.807, 2.05) is 30.3 Å². The van der Waals surface area contributed by atoms with Gasteiger partial charge in [0.2, 0.25) is 5.91 Å². The zero-order chi connectivity index (χ0) is 11.2. The number of nitrogens with one attached hydrogen (secondary N) is 1. The van der Waals surface area contributed by atoms with Crippen LogP contribution >= 0.6 is 0 Å². The molecule has 1 aromatic rings. The molecule has 0 aliphatic carbocycles. The van der Waals surface area contributed by atoms with Crippen LogP contribution < -0.4 is 5.32 Å². The van der Waals surface area contributed by atoms with Gasteiger partial charge in [-0.25, -0.2) is 0 Å². The van der Waals surface area contributed by atoms with Crippen LogP contribution in [-0.2, 0) is 20.9 Å². The Kier molecular flexibility index (Phi) is 3.91. The molecule has 86 valence electrons. The summed E-state index contributed by atoms with van der Waals surface area (Å²) in [6.07, 6.45) is 0. The smallest absolute Gasteiger partial charge is 0.246 e. The molecule has 4 heteroatoms. The molecule has 0 saturated carbocycles. The summed E-state index contributed by atoms with van der Waals surface area (Å²) < 4.78 is 10.6. The molecule has 1 saturated heterocycles. The second kappa shape index (κ2) is 5.63. The summed E-state index contributed by atoms with van der Waals surface area (Å²) in [5.41, 5.74) is 1.13. The molecule has 0 aromatic heterocycles. The Bertz CT molecular complexity index is 339. The molecule has 1 N–H and O–H groups in total. The van der Waals surface area contributed by atoms with Gasteiger partial charge in [0.15, 0.2) is 0 Å². The summed E-state index contributed by atoms with van der Waals surface area (Å²) in [6, 6.07) is 9.92. The molecule has 1 fully saturated rings. The Hall–Kier alpha value is -1.39. The third-order valence-corrected chi connectivity index (χ3v) is 2.35. The number of rotatable bonds is 4. The van der Waals surface area contributed by atoms with E-state index in [1.54, 1.807) is 0 Å². The zero-order valence-electron chi connectivity index (χ0n) is 9.02. The van der Waals surface area contributed by atoms with Crippen LogP contribution in [0.15, 0.2) is 30.3 Å². The zero-order valence-corrected chi connectivity index (χ0v) is 9.02. The number of carbonyl (C=O) groups excluding carboxylic acids is 1. The molecule has 2 rings (SSSR count). The number of carbonyl (C=O) groups is 1. The molecule has 1 amide bonds. The van der Waals surface area contributed by atoms with Crippen LogP contribution in [0.4, 0.5) is 0 Å². The van der Waals surface area contributed by atoms with Crippen molar-refractivity contribution >= 4 is 5.91 Å². The molecular weight excluding hydrogens is 206 g/mol. The number of amides is 1. The molecule has 1 aliphatic heterocycles. The van der Waals surface area contributed by atoms with Gasteiger partial charge >= 0.3 is 0 Å². The van der Waals surface area contributed by atoms with Gasteiger partial charge in [0.1, 0.15) is 6.61 Å². The maximum absolute atomic E-state index is 11.0. The van der Waals surface area contributed by atoms with Gasteiger partial charge in [-0.15, -0.1) is 0 Å². The second-order valence-corrected chi connectivity index (χ2v) is 3.78. The van der Waals surface area contributed by atoms with Crippen molar-refractivity contribution in [2.24, 2.45) is 0 Å². The molecular formula is C12H15NO3. The van der Waals surface area contributed by atoms with Crippen LogP contribution in [0.1, 0.15) is 5.56 Å². The van der Waals surface area contributed by atoms with Crippen molar-refractivity contribution in [3.8, 4) is 0 Å². The normalized spacial score (nSPS) is 20.5. The van der Waals surface area contributed by atoms with E-state index in [2.05, 4.69) is 5.32 Å². The van der Waals surface area contributed by atoms with Gasteiger partial charge in [-0.1, -0.05) is 30.3 Å². The van der Waals surface area contributed by atoms with Gasteiger partial charge in [-0.3, -0.25) is 4.79 Å². The Morgan fingerprint density at radius 3 is 2.94 bits per heavy atom. The maximum atomic E-state index is 11.0. The van der Waals surface area contributed by atoms with E-state index in [9.17, 15) is 4.79 Å². The van der Waals surface area contributed by atoms with Crippen LogP contribution in [0.5, 0.6) is 0 Å². The summed E-state index contributed by atoms with van der Waals surface area (Å²) in [5, 5.41) is 2.81. The monoisotopic (exact) mass is 221 g/mol. The van der Waals surface area contributed by atoms with Crippen LogP contribution in [0, 0.1) is 0 Å². The summed E-state index contributed by atoms with van der Waals surface area (Å²) in [7, 11) is 0. The third-order valence-electron chi connectivity index (χ3n) is 2.35. The first-order valence-corrected chi connectivity index (χ1v) is 5.33. The molecule has 1 aliphatic rings. The first kappa shape index (κ1) is 11.1. The largest absolute Gasteiger partial charge is 0.375 e. The minimum Gasteiger partial charge on any atom is -0.375 e. The van der Waals surface area contributed by atoms with Gasteiger partial charge in [0.05, 0.1) is 25.9 Å². The highest BCUT2D eigenvalue weighted by Crippen LogP contribution is 2.02. The Morgan fingerprint density at radius 1 is 1.38 bits per heavy atom. The SMILES string of the molecule is O=C1COC[C@@H](COCc2ccccc2)N1. The predicted molar refractivity (Wildman–Crippen MR) is 58.8 cm³/mol. The van der Waals surface area contributed by atoms with Crippen LogP contribution in [0.2, 0.25) is 0 Å². The van der Waals surface area contributed by atoms with Gasteiger partial charge in [0, 0.05) is 0 Å². The summed E-state index contributed by atoms with van der Waals surface area (Å²) >= 11 is 0. The van der Waals surface area contributed by atoms with E-state index in [-0.39, 0.29) is 18.6 Å². The lowest BCUT2D eigenvalue weighted by Crippen LogP contribution is -2.47. The van der Waals surface area contributed by atoms with Crippen molar-refractivity contribution in [3.05, 3.63) is 35.9 Å². The molecule has 1 atom stereocenters. The molecule has 0 bridgehead atoms. The Balaban J connectivity index is 1.70. The summed E-state index contributed by atoms with van der Waals surface area (Å²) in [6.45, 7) is 1.74. The van der Waals surface area contributed by atoms with Crippen LogP contribution in [0.3, 0.4) is 0 Å². The van der Waals surface area contributed by atoms with Crippen molar-refractivity contribution in [3.63, 3.8) is 0 Å². The van der Waals surface area contributed by atoms with Crippen LogP contribution in [0.25, 0.3) is 0 Å². The molecule has 16 heavy (non-hydrogen) atoms. The third kappa shape index (κ3) is 3.32. The second-order valence-electron chi connectivity index (χ2n) is 3.78. The molecule has 0 radical (unpaired) electrons. The van der Waals surface area contributed by atoms with Gasteiger partial charge in [0.25, 0.3) is 0 Å². The fourth-order valence-corrected chi connectivity index (χ4v) is 1.59. The molecule has 1 aromatic carbocycles. The highest BCUT2D eigenvalue weighted by atomic mass is 16.5. The van der Waals surface area contributed by atoms with E-state index < -0.39 is 0 Å². The van der Waals surface area contributed by atoms with E-state index in [0.717, 1.165) is 5.56 Å². The van der Waals surface area contributed by atoms with E-state index in [4.69, 9.17) is 9.47 Å². The molecule has 0 unspecified atom stereocenters. The minimum absolute atomic E-state index is 0.0232. The van der Waals surface area contributed by atoms with E-state index in [0.29, 0.717) is 19.8 Å². The average molecular weight is 221 g/mol. The van der Waals surface area contributed by atoms with Gasteiger partial charge in [-0.05, 0) is 5.56 Å². The summed E-state index contributed by atoms with van der Waals surface area (Å²) in [4.78, 5) is 11.0. The van der Waals surface area contributed by atoms with Crippen molar-refractivity contribution in [1.29, 1.82) is 0 Å².